The zero-order valence-corrected chi connectivity index (χ0v) is 14.6. The van der Waals surface area contributed by atoms with Crippen molar-refractivity contribution in [2.45, 2.75) is 19.4 Å². The second-order valence-electron chi connectivity index (χ2n) is 6.64. The Morgan fingerprint density at radius 2 is 1.76 bits per heavy atom. The Bertz CT molecular complexity index is 836. The number of nitrogens with zero attached hydrogens (tertiary/aromatic N) is 2. The third-order valence-corrected chi connectivity index (χ3v) is 5.38. The first kappa shape index (κ1) is 16.2. The van der Waals surface area contributed by atoms with Crippen LogP contribution in [0.15, 0.2) is 48.5 Å². The van der Waals surface area contributed by atoms with E-state index in [4.69, 9.17) is 11.6 Å². The number of halogens is 1. The van der Waals surface area contributed by atoms with E-state index in [1.54, 1.807) is 11.0 Å². The molecule has 25 heavy (non-hydrogen) atoms. The van der Waals surface area contributed by atoms with Crippen molar-refractivity contribution < 1.29 is 9.59 Å². The molecule has 2 amide bonds. The topological polar surface area (TPSA) is 40.6 Å². The summed E-state index contributed by atoms with van der Waals surface area (Å²) in [4.78, 5) is 28.9. The summed E-state index contributed by atoms with van der Waals surface area (Å²) in [6.07, 6.45) is 1.12. The van der Waals surface area contributed by atoms with E-state index in [-0.39, 0.29) is 24.2 Å². The minimum Gasteiger partial charge on any atom is -0.338 e. The first-order chi connectivity index (χ1) is 12.1. The molecule has 0 N–H and O–H groups in total. The van der Waals surface area contributed by atoms with Gasteiger partial charge >= 0.3 is 0 Å². The van der Waals surface area contributed by atoms with E-state index in [0.29, 0.717) is 30.3 Å². The van der Waals surface area contributed by atoms with E-state index in [9.17, 15) is 9.59 Å². The molecule has 2 aromatic carbocycles. The van der Waals surface area contributed by atoms with Crippen LogP contribution in [0.4, 0.5) is 5.69 Å². The van der Waals surface area contributed by atoms with Crippen molar-refractivity contribution >= 4 is 29.1 Å². The lowest BCUT2D eigenvalue weighted by molar-refractivity contribution is -0.136. The SMILES string of the molecule is O=C(C1CC(=O)N(c2ccccc2Cl)C1)N1CCc2ccccc2C1. The van der Waals surface area contributed by atoms with Crippen LogP contribution in [0.3, 0.4) is 0 Å². The Morgan fingerprint density at radius 1 is 1.04 bits per heavy atom. The number of rotatable bonds is 2. The summed E-state index contributed by atoms with van der Waals surface area (Å²) in [6.45, 7) is 1.75. The molecular weight excluding hydrogens is 336 g/mol. The molecule has 0 aliphatic carbocycles. The van der Waals surface area contributed by atoms with Crippen LogP contribution in [0.2, 0.25) is 5.02 Å². The van der Waals surface area contributed by atoms with Crippen LogP contribution >= 0.6 is 11.6 Å². The molecule has 5 heteroatoms. The fraction of sp³-hybridized carbons (Fsp3) is 0.300. The molecule has 0 bridgehead atoms. The molecule has 1 atom stereocenters. The average Bonchev–Trinajstić information content (AvgIpc) is 3.02. The summed E-state index contributed by atoms with van der Waals surface area (Å²) < 4.78 is 0. The Hall–Kier alpha value is -2.33. The van der Waals surface area contributed by atoms with Crippen molar-refractivity contribution in [1.29, 1.82) is 0 Å². The van der Waals surface area contributed by atoms with Crippen LogP contribution in [0.5, 0.6) is 0 Å². The largest absolute Gasteiger partial charge is 0.338 e. The number of carbonyl (C=O) groups excluding carboxylic acids is 2. The lowest BCUT2D eigenvalue weighted by Crippen LogP contribution is -2.40. The third-order valence-electron chi connectivity index (χ3n) is 5.06. The summed E-state index contributed by atoms with van der Waals surface area (Å²) in [5.74, 6) is -0.268. The summed E-state index contributed by atoms with van der Waals surface area (Å²) in [6, 6.07) is 15.5. The highest BCUT2D eigenvalue weighted by Crippen LogP contribution is 2.32. The van der Waals surface area contributed by atoms with Crippen molar-refractivity contribution in [3.8, 4) is 0 Å². The minimum atomic E-state index is -0.297. The van der Waals surface area contributed by atoms with Gasteiger partial charge in [0.15, 0.2) is 0 Å². The van der Waals surface area contributed by atoms with E-state index in [0.717, 1.165) is 6.42 Å². The maximum atomic E-state index is 12.9. The highest BCUT2D eigenvalue weighted by molar-refractivity contribution is 6.33. The molecule has 2 aliphatic rings. The molecule has 0 spiro atoms. The molecule has 0 radical (unpaired) electrons. The lowest BCUT2D eigenvalue weighted by Gasteiger charge is -2.30. The number of fused-ring (bicyclic) bond motifs is 1. The predicted molar refractivity (Wildman–Crippen MR) is 97.5 cm³/mol. The van der Waals surface area contributed by atoms with Gasteiger partial charge in [-0.05, 0) is 29.7 Å². The average molecular weight is 355 g/mol. The highest BCUT2D eigenvalue weighted by atomic mass is 35.5. The lowest BCUT2D eigenvalue weighted by atomic mass is 9.98. The first-order valence-corrected chi connectivity index (χ1v) is 8.92. The summed E-state index contributed by atoms with van der Waals surface area (Å²) in [5.41, 5.74) is 3.20. The van der Waals surface area contributed by atoms with E-state index in [1.807, 2.05) is 35.2 Å². The standard InChI is InChI=1S/C20H19ClN2O2/c21-17-7-3-4-8-18(17)23-13-16(11-19(23)24)20(25)22-10-9-14-5-1-2-6-15(14)12-22/h1-8,16H,9-13H2. The van der Waals surface area contributed by atoms with Gasteiger partial charge in [-0.25, -0.2) is 0 Å². The van der Waals surface area contributed by atoms with Crippen LogP contribution in [-0.4, -0.2) is 29.8 Å². The molecule has 0 saturated carbocycles. The molecular formula is C20H19ClN2O2. The summed E-state index contributed by atoms with van der Waals surface area (Å²) in [7, 11) is 0. The zero-order chi connectivity index (χ0) is 17.4. The Labute approximate surface area is 152 Å². The summed E-state index contributed by atoms with van der Waals surface area (Å²) in [5, 5.41) is 0.538. The van der Waals surface area contributed by atoms with Gasteiger partial charge in [0, 0.05) is 26.1 Å². The van der Waals surface area contributed by atoms with Gasteiger partial charge in [-0.3, -0.25) is 9.59 Å². The van der Waals surface area contributed by atoms with E-state index < -0.39 is 0 Å². The third kappa shape index (κ3) is 3.02. The van der Waals surface area contributed by atoms with Crippen LogP contribution in [0.1, 0.15) is 17.5 Å². The summed E-state index contributed by atoms with van der Waals surface area (Å²) >= 11 is 6.21. The van der Waals surface area contributed by atoms with Gasteiger partial charge in [0.25, 0.3) is 0 Å². The molecule has 1 saturated heterocycles. The maximum absolute atomic E-state index is 12.9. The number of carbonyl (C=O) groups is 2. The van der Waals surface area contributed by atoms with Gasteiger partial charge in [0.1, 0.15) is 0 Å². The van der Waals surface area contributed by atoms with Crippen molar-refractivity contribution in [1.82, 2.24) is 4.90 Å². The number of para-hydroxylation sites is 1. The molecule has 2 aromatic rings. The highest BCUT2D eigenvalue weighted by Gasteiger charge is 2.38. The van der Waals surface area contributed by atoms with Gasteiger partial charge in [-0.15, -0.1) is 0 Å². The second-order valence-corrected chi connectivity index (χ2v) is 7.04. The van der Waals surface area contributed by atoms with Crippen LogP contribution in [0, 0.1) is 5.92 Å². The van der Waals surface area contributed by atoms with Gasteiger partial charge in [-0.2, -0.15) is 0 Å². The number of anilines is 1. The fourth-order valence-electron chi connectivity index (χ4n) is 3.72. The molecule has 1 fully saturated rings. The van der Waals surface area contributed by atoms with Gasteiger partial charge in [-0.1, -0.05) is 48.0 Å². The zero-order valence-electron chi connectivity index (χ0n) is 13.8. The monoisotopic (exact) mass is 354 g/mol. The molecule has 4 rings (SSSR count). The van der Waals surface area contributed by atoms with Crippen LogP contribution in [-0.2, 0) is 22.6 Å². The van der Waals surface area contributed by atoms with E-state index in [1.165, 1.54) is 11.1 Å². The normalized spacial score (nSPS) is 19.9. The quantitative estimate of drug-likeness (QED) is 0.830. The molecule has 0 aromatic heterocycles. The smallest absolute Gasteiger partial charge is 0.228 e. The fourth-order valence-corrected chi connectivity index (χ4v) is 3.96. The Morgan fingerprint density at radius 3 is 2.56 bits per heavy atom. The van der Waals surface area contributed by atoms with E-state index in [2.05, 4.69) is 12.1 Å². The van der Waals surface area contributed by atoms with Crippen molar-refractivity contribution in [3.63, 3.8) is 0 Å². The molecule has 2 aliphatic heterocycles. The first-order valence-electron chi connectivity index (χ1n) is 8.54. The maximum Gasteiger partial charge on any atom is 0.228 e. The van der Waals surface area contributed by atoms with Crippen LogP contribution < -0.4 is 4.90 Å². The predicted octanol–water partition coefficient (Wildman–Crippen LogP) is 3.28. The van der Waals surface area contributed by atoms with Crippen molar-refractivity contribution in [2.24, 2.45) is 5.92 Å². The Balaban J connectivity index is 1.49. The number of hydrogen-bond donors (Lipinski definition) is 0. The molecule has 4 nitrogen and oxygen atoms in total. The van der Waals surface area contributed by atoms with Gasteiger partial charge < -0.3 is 9.80 Å². The second kappa shape index (κ2) is 6.52. The number of benzene rings is 2. The number of hydrogen-bond acceptors (Lipinski definition) is 2. The molecule has 2 heterocycles. The molecule has 1 unspecified atom stereocenters. The van der Waals surface area contributed by atoms with Gasteiger partial charge in [0.05, 0.1) is 16.6 Å². The van der Waals surface area contributed by atoms with Crippen LogP contribution in [0.25, 0.3) is 0 Å². The molecule has 128 valence electrons. The minimum absolute atomic E-state index is 0.0381. The van der Waals surface area contributed by atoms with Gasteiger partial charge in [0.2, 0.25) is 11.8 Å². The van der Waals surface area contributed by atoms with E-state index >= 15 is 0 Å². The van der Waals surface area contributed by atoms with Crippen molar-refractivity contribution in [3.05, 3.63) is 64.7 Å². The van der Waals surface area contributed by atoms with Crippen molar-refractivity contribution in [2.75, 3.05) is 18.0 Å². The number of amides is 2. The Kier molecular flexibility index (Phi) is 4.22.